The number of aldehydes is 1. The number of ether oxygens (including phenoxy) is 1. The van der Waals surface area contributed by atoms with Crippen LogP contribution >= 0.6 is 11.6 Å². The first-order valence-electron chi connectivity index (χ1n) is 12.7. The van der Waals surface area contributed by atoms with E-state index in [4.69, 9.17) is 16.3 Å². The normalized spacial score (nSPS) is 17.4. The van der Waals surface area contributed by atoms with Crippen LogP contribution in [0.4, 0.5) is 13.6 Å². The highest BCUT2D eigenvalue weighted by Gasteiger charge is 2.46. The number of aromatic nitrogens is 1. The molecule has 3 N–H and O–H groups in total. The maximum Gasteiger partial charge on any atom is 0.408 e. The van der Waals surface area contributed by atoms with Gasteiger partial charge in [0.05, 0.1) is 6.04 Å². The fourth-order valence-corrected chi connectivity index (χ4v) is 4.49. The first-order valence-corrected chi connectivity index (χ1v) is 13.1. The van der Waals surface area contributed by atoms with E-state index in [-0.39, 0.29) is 29.3 Å². The number of carbonyl (C=O) groups excluding carboxylic acids is 4. The second-order valence-electron chi connectivity index (χ2n) is 9.31. The summed E-state index contributed by atoms with van der Waals surface area (Å²) in [5.41, 5.74) is -0.537. The van der Waals surface area contributed by atoms with Gasteiger partial charge >= 0.3 is 12.0 Å². The van der Waals surface area contributed by atoms with Gasteiger partial charge in [-0.1, -0.05) is 49.6 Å². The van der Waals surface area contributed by atoms with Crippen molar-refractivity contribution in [3.05, 3.63) is 64.9 Å². The van der Waals surface area contributed by atoms with E-state index in [0.29, 0.717) is 32.1 Å². The largest absolute Gasteiger partial charge is 0.434 e. The minimum absolute atomic E-state index is 0.0666. The van der Waals surface area contributed by atoms with Crippen LogP contribution < -0.4 is 16.0 Å². The monoisotopic (exact) mass is 564 g/mol. The summed E-state index contributed by atoms with van der Waals surface area (Å²) in [5.74, 6) is -4.99. The number of alkyl halides is 2. The third kappa shape index (κ3) is 8.19. The summed E-state index contributed by atoms with van der Waals surface area (Å²) in [6, 6.07) is 5.70. The SMILES string of the molecule is CCCC[C@H](NC(=O)O[C@@H](c1cccnc1)C(F)(F)c1cccc(Cl)c1)C(=O)N[C@H](C=O)C[C@@H]1CCNC1=O. The number of carbonyl (C=O) groups is 4. The smallest absolute Gasteiger partial charge is 0.408 e. The standard InChI is InChI=1S/C27H31ClF2N4O5/c1-2-3-9-22(25(37)33-21(16-35)13-17-10-12-32-24(17)36)34-26(38)39-23(18-6-5-11-31-15-18)27(29,30)19-7-4-8-20(28)14-19/h4-8,11,14-17,21-23H,2-3,9-10,12-13H2,1H3,(H,32,36)(H,33,37)(H,34,38)/t17-,21-,22-,23-/m0/s1. The van der Waals surface area contributed by atoms with E-state index >= 15 is 8.78 Å². The topological polar surface area (TPSA) is 126 Å². The number of nitrogens with zero attached hydrogens (tertiary/aromatic N) is 1. The second-order valence-corrected chi connectivity index (χ2v) is 9.74. The molecule has 0 saturated carbocycles. The molecule has 2 aromatic rings. The van der Waals surface area contributed by atoms with Gasteiger partial charge in [-0.05, 0) is 37.5 Å². The number of amides is 3. The maximum absolute atomic E-state index is 15.6. The lowest BCUT2D eigenvalue weighted by molar-refractivity contribution is -0.129. The Morgan fingerprint density at radius 2 is 2.08 bits per heavy atom. The lowest BCUT2D eigenvalue weighted by atomic mass is 9.98. The highest BCUT2D eigenvalue weighted by Crippen LogP contribution is 2.43. The van der Waals surface area contributed by atoms with Gasteiger partial charge in [-0.2, -0.15) is 8.78 Å². The van der Waals surface area contributed by atoms with Crippen molar-refractivity contribution >= 4 is 35.8 Å². The van der Waals surface area contributed by atoms with Crippen molar-refractivity contribution in [2.45, 2.75) is 63.1 Å². The second kappa shape index (κ2) is 14.0. The van der Waals surface area contributed by atoms with Crippen molar-refractivity contribution in [1.82, 2.24) is 20.9 Å². The number of halogens is 3. The van der Waals surface area contributed by atoms with Crippen LogP contribution in [0, 0.1) is 5.92 Å². The summed E-state index contributed by atoms with van der Waals surface area (Å²) in [4.78, 5) is 53.3. The molecule has 1 aromatic carbocycles. The fourth-order valence-electron chi connectivity index (χ4n) is 4.30. The zero-order valence-corrected chi connectivity index (χ0v) is 22.1. The number of pyridine rings is 1. The molecule has 1 saturated heterocycles. The van der Waals surface area contributed by atoms with E-state index in [1.165, 1.54) is 30.5 Å². The molecule has 0 radical (unpaired) electrons. The molecule has 1 aliphatic rings. The highest BCUT2D eigenvalue weighted by molar-refractivity contribution is 6.30. The molecule has 3 amide bonds. The van der Waals surface area contributed by atoms with Gasteiger partial charge in [0.1, 0.15) is 12.3 Å². The average Bonchev–Trinajstić information content (AvgIpc) is 3.33. The molecule has 210 valence electrons. The maximum atomic E-state index is 15.6. The van der Waals surface area contributed by atoms with Crippen molar-refractivity contribution in [2.75, 3.05) is 6.54 Å². The minimum Gasteiger partial charge on any atom is -0.434 e. The van der Waals surface area contributed by atoms with Gasteiger partial charge < -0.3 is 25.5 Å². The van der Waals surface area contributed by atoms with Crippen LogP contribution in [0.3, 0.4) is 0 Å². The van der Waals surface area contributed by atoms with Crippen LogP contribution in [0.5, 0.6) is 0 Å². The van der Waals surface area contributed by atoms with Gasteiger partial charge in [0, 0.05) is 41.0 Å². The van der Waals surface area contributed by atoms with Crippen LogP contribution in [-0.2, 0) is 25.0 Å². The zero-order valence-electron chi connectivity index (χ0n) is 21.4. The molecule has 0 spiro atoms. The number of nitrogens with one attached hydrogen (secondary N) is 3. The average molecular weight is 565 g/mol. The Bertz CT molecular complexity index is 1150. The van der Waals surface area contributed by atoms with E-state index in [0.717, 1.165) is 18.3 Å². The van der Waals surface area contributed by atoms with Gasteiger partial charge in [0.2, 0.25) is 11.8 Å². The van der Waals surface area contributed by atoms with E-state index in [1.807, 2.05) is 6.92 Å². The van der Waals surface area contributed by atoms with Gasteiger partial charge in [-0.15, -0.1) is 0 Å². The summed E-state index contributed by atoms with van der Waals surface area (Å²) in [7, 11) is 0. The van der Waals surface area contributed by atoms with Gasteiger partial charge in [-0.25, -0.2) is 4.79 Å². The molecule has 0 bridgehead atoms. The minimum atomic E-state index is -3.70. The number of hydrogen-bond acceptors (Lipinski definition) is 6. The molecule has 0 unspecified atom stereocenters. The Labute approximate surface area is 230 Å². The Balaban J connectivity index is 1.76. The summed E-state index contributed by atoms with van der Waals surface area (Å²) in [5, 5.41) is 7.67. The van der Waals surface area contributed by atoms with E-state index in [2.05, 4.69) is 20.9 Å². The molecule has 1 aliphatic heterocycles. The molecule has 3 rings (SSSR count). The number of unbranched alkanes of at least 4 members (excludes halogenated alkanes) is 1. The number of hydrogen-bond donors (Lipinski definition) is 3. The van der Waals surface area contributed by atoms with Gasteiger partial charge in [0.15, 0.2) is 6.10 Å². The molecule has 39 heavy (non-hydrogen) atoms. The summed E-state index contributed by atoms with van der Waals surface area (Å²) < 4.78 is 36.5. The van der Waals surface area contributed by atoms with E-state index in [9.17, 15) is 19.2 Å². The van der Waals surface area contributed by atoms with E-state index < -0.39 is 47.6 Å². The van der Waals surface area contributed by atoms with Crippen molar-refractivity contribution in [3.8, 4) is 0 Å². The van der Waals surface area contributed by atoms with Crippen LogP contribution in [0.2, 0.25) is 5.02 Å². The molecule has 4 atom stereocenters. The molecule has 2 heterocycles. The van der Waals surface area contributed by atoms with Crippen molar-refractivity contribution in [1.29, 1.82) is 0 Å². The highest BCUT2D eigenvalue weighted by atomic mass is 35.5. The summed E-state index contributed by atoms with van der Waals surface area (Å²) >= 11 is 5.92. The lowest BCUT2D eigenvalue weighted by Gasteiger charge is -2.28. The Hall–Kier alpha value is -3.60. The van der Waals surface area contributed by atoms with Crippen LogP contribution in [0.15, 0.2) is 48.8 Å². The van der Waals surface area contributed by atoms with Crippen molar-refractivity contribution in [2.24, 2.45) is 5.92 Å². The molecule has 0 aliphatic carbocycles. The molecule has 12 heteroatoms. The summed E-state index contributed by atoms with van der Waals surface area (Å²) in [6.07, 6.45) is 1.79. The Morgan fingerprint density at radius 1 is 1.28 bits per heavy atom. The Morgan fingerprint density at radius 3 is 2.69 bits per heavy atom. The van der Waals surface area contributed by atoms with Gasteiger partial charge in [0.25, 0.3) is 0 Å². The number of benzene rings is 1. The Kier molecular flexibility index (Phi) is 10.7. The predicted molar refractivity (Wildman–Crippen MR) is 139 cm³/mol. The molecule has 9 nitrogen and oxygen atoms in total. The summed E-state index contributed by atoms with van der Waals surface area (Å²) in [6.45, 7) is 2.37. The molecule has 1 fully saturated rings. The molecule has 1 aromatic heterocycles. The quantitative estimate of drug-likeness (QED) is 0.315. The molecular formula is C27H31ClF2N4O5. The van der Waals surface area contributed by atoms with Gasteiger partial charge in [-0.3, -0.25) is 14.6 Å². The zero-order chi connectivity index (χ0) is 28.4. The predicted octanol–water partition coefficient (Wildman–Crippen LogP) is 4.06. The van der Waals surface area contributed by atoms with Crippen molar-refractivity contribution in [3.63, 3.8) is 0 Å². The number of rotatable bonds is 13. The van der Waals surface area contributed by atoms with Crippen LogP contribution in [-0.4, -0.2) is 47.8 Å². The van der Waals surface area contributed by atoms with Crippen molar-refractivity contribution < 1.29 is 32.7 Å². The van der Waals surface area contributed by atoms with E-state index in [1.54, 1.807) is 0 Å². The first-order chi connectivity index (χ1) is 18.6. The fraction of sp³-hybridized carbons (Fsp3) is 0.444. The third-order valence-electron chi connectivity index (χ3n) is 6.40. The molecular weight excluding hydrogens is 534 g/mol. The first kappa shape index (κ1) is 29.9. The number of alkyl carbamates (subject to hydrolysis) is 1. The third-order valence-corrected chi connectivity index (χ3v) is 6.63. The van der Waals surface area contributed by atoms with Crippen LogP contribution in [0.1, 0.15) is 56.3 Å². The lowest BCUT2D eigenvalue weighted by Crippen LogP contribution is -2.51. The van der Waals surface area contributed by atoms with Crippen LogP contribution in [0.25, 0.3) is 0 Å².